The van der Waals surface area contributed by atoms with Crippen LogP contribution in [-0.4, -0.2) is 30.1 Å². The third-order valence-corrected chi connectivity index (χ3v) is 4.86. The van der Waals surface area contributed by atoms with Crippen LogP contribution in [0.3, 0.4) is 0 Å². The Morgan fingerprint density at radius 1 is 1.33 bits per heavy atom. The van der Waals surface area contributed by atoms with E-state index in [1.165, 1.54) is 37.9 Å². The second kappa shape index (κ2) is 6.18. The Morgan fingerprint density at radius 2 is 2.06 bits per heavy atom. The summed E-state index contributed by atoms with van der Waals surface area (Å²) in [4.78, 5) is 2.67. The van der Waals surface area contributed by atoms with Gasteiger partial charge in [0, 0.05) is 5.54 Å². The largest absolute Gasteiger partial charge is 0.309 e. The minimum absolute atomic E-state index is 0.192. The molecule has 2 nitrogen and oxygen atoms in total. The fourth-order valence-corrected chi connectivity index (χ4v) is 3.76. The number of thiophene rings is 1. The molecule has 0 spiro atoms. The maximum atomic E-state index is 3.69. The highest BCUT2D eigenvalue weighted by atomic mass is 32.1. The van der Waals surface area contributed by atoms with Gasteiger partial charge in [0.15, 0.2) is 0 Å². The quantitative estimate of drug-likeness (QED) is 0.875. The highest BCUT2D eigenvalue weighted by molar-refractivity contribution is 7.07. The van der Waals surface area contributed by atoms with E-state index in [2.05, 4.69) is 47.8 Å². The summed E-state index contributed by atoms with van der Waals surface area (Å²) in [6.07, 6.45) is 4.11. The topological polar surface area (TPSA) is 15.3 Å². The molecule has 0 amide bonds. The van der Waals surface area contributed by atoms with Gasteiger partial charge in [-0.1, -0.05) is 13.3 Å². The van der Waals surface area contributed by atoms with Crippen LogP contribution in [0.5, 0.6) is 0 Å². The molecule has 2 heterocycles. The number of rotatable bonds is 5. The van der Waals surface area contributed by atoms with Crippen LogP contribution in [0.2, 0.25) is 0 Å². The van der Waals surface area contributed by atoms with Gasteiger partial charge in [0.1, 0.15) is 0 Å². The summed E-state index contributed by atoms with van der Waals surface area (Å²) in [5.41, 5.74) is 1.63. The third kappa shape index (κ3) is 2.95. The van der Waals surface area contributed by atoms with Crippen molar-refractivity contribution >= 4 is 11.3 Å². The van der Waals surface area contributed by atoms with Crippen molar-refractivity contribution in [2.75, 3.05) is 19.6 Å². The van der Waals surface area contributed by atoms with Gasteiger partial charge in [-0.05, 0) is 68.7 Å². The summed E-state index contributed by atoms with van der Waals surface area (Å²) < 4.78 is 0. The average molecular weight is 266 g/mol. The van der Waals surface area contributed by atoms with Crippen LogP contribution in [0.15, 0.2) is 16.8 Å². The Kier molecular flexibility index (Phi) is 4.82. The molecule has 0 aliphatic carbocycles. The van der Waals surface area contributed by atoms with Crippen LogP contribution in [0, 0.1) is 0 Å². The molecule has 0 bridgehead atoms. The van der Waals surface area contributed by atoms with Gasteiger partial charge in [-0.3, -0.25) is 4.90 Å². The SMILES string of the molecule is CCNC(c1ccsc1)C(C)(C)N1CCCCC1. The number of likely N-dealkylation sites (N-methyl/N-ethyl adjacent to an activating group) is 1. The summed E-state index contributed by atoms with van der Waals surface area (Å²) in [7, 11) is 0. The van der Waals surface area contributed by atoms with E-state index in [0.717, 1.165) is 6.54 Å². The van der Waals surface area contributed by atoms with Gasteiger partial charge < -0.3 is 5.32 Å². The molecule has 0 radical (unpaired) electrons. The van der Waals surface area contributed by atoms with E-state index >= 15 is 0 Å². The molecule has 1 aliphatic rings. The molecule has 18 heavy (non-hydrogen) atoms. The Labute approximate surface area is 115 Å². The van der Waals surface area contributed by atoms with E-state index in [4.69, 9.17) is 0 Å². The lowest BCUT2D eigenvalue weighted by Crippen LogP contribution is -2.54. The normalized spacial score (nSPS) is 19.9. The zero-order valence-electron chi connectivity index (χ0n) is 11.9. The van der Waals surface area contributed by atoms with E-state index in [9.17, 15) is 0 Å². The molecule has 1 aliphatic heterocycles. The average Bonchev–Trinajstić information content (AvgIpc) is 2.90. The molecule has 0 aromatic carbocycles. The first-order valence-electron chi connectivity index (χ1n) is 7.16. The lowest BCUT2D eigenvalue weighted by molar-refractivity contribution is 0.0614. The number of hydrogen-bond acceptors (Lipinski definition) is 3. The second-order valence-electron chi connectivity index (χ2n) is 5.75. The Hall–Kier alpha value is -0.380. The number of piperidine rings is 1. The molecule has 1 unspecified atom stereocenters. The maximum Gasteiger partial charge on any atom is 0.0509 e. The summed E-state index contributed by atoms with van der Waals surface area (Å²) in [5, 5.41) is 8.16. The molecule has 0 saturated carbocycles. The summed E-state index contributed by atoms with van der Waals surface area (Å²) in [5.74, 6) is 0. The van der Waals surface area contributed by atoms with Gasteiger partial charge in [0.05, 0.1) is 6.04 Å². The lowest BCUT2D eigenvalue weighted by Gasteiger charge is -2.46. The van der Waals surface area contributed by atoms with Crippen LogP contribution in [-0.2, 0) is 0 Å². The van der Waals surface area contributed by atoms with Crippen molar-refractivity contribution in [2.45, 2.75) is 51.6 Å². The second-order valence-corrected chi connectivity index (χ2v) is 6.53. The molecular formula is C15H26N2S. The molecule has 1 aromatic heterocycles. The predicted octanol–water partition coefficient (Wildman–Crippen LogP) is 3.66. The van der Waals surface area contributed by atoms with Crippen molar-refractivity contribution in [3.05, 3.63) is 22.4 Å². The standard InChI is InChI=1S/C15H26N2S/c1-4-16-14(13-8-11-18-12-13)15(2,3)17-9-6-5-7-10-17/h8,11-12,14,16H,4-7,9-10H2,1-3H3. The van der Waals surface area contributed by atoms with Crippen molar-refractivity contribution in [2.24, 2.45) is 0 Å². The van der Waals surface area contributed by atoms with E-state index in [-0.39, 0.29) is 5.54 Å². The molecule has 1 aromatic rings. The van der Waals surface area contributed by atoms with Gasteiger partial charge in [-0.15, -0.1) is 0 Å². The maximum absolute atomic E-state index is 3.69. The highest BCUT2D eigenvalue weighted by Gasteiger charge is 2.36. The Balaban J connectivity index is 2.17. The zero-order valence-corrected chi connectivity index (χ0v) is 12.7. The first-order valence-corrected chi connectivity index (χ1v) is 8.11. The third-order valence-electron chi connectivity index (χ3n) is 4.16. The van der Waals surface area contributed by atoms with Crippen LogP contribution in [0.4, 0.5) is 0 Å². The predicted molar refractivity (Wildman–Crippen MR) is 80.2 cm³/mol. The van der Waals surface area contributed by atoms with E-state index in [1.807, 2.05) is 0 Å². The molecule has 3 heteroatoms. The molecule has 1 fully saturated rings. The molecular weight excluding hydrogens is 240 g/mol. The molecule has 102 valence electrons. The Bertz CT molecular complexity index is 339. The fraction of sp³-hybridized carbons (Fsp3) is 0.733. The summed E-state index contributed by atoms with van der Waals surface area (Å²) in [6.45, 7) is 10.5. The smallest absolute Gasteiger partial charge is 0.0509 e. The van der Waals surface area contributed by atoms with E-state index < -0.39 is 0 Å². The molecule has 1 saturated heterocycles. The van der Waals surface area contributed by atoms with Crippen molar-refractivity contribution in [3.8, 4) is 0 Å². The van der Waals surface area contributed by atoms with Gasteiger partial charge in [0.25, 0.3) is 0 Å². The van der Waals surface area contributed by atoms with Crippen LogP contribution >= 0.6 is 11.3 Å². The van der Waals surface area contributed by atoms with E-state index in [0.29, 0.717) is 6.04 Å². The number of nitrogens with one attached hydrogen (secondary N) is 1. The number of likely N-dealkylation sites (tertiary alicyclic amines) is 1. The first-order chi connectivity index (χ1) is 8.66. The van der Waals surface area contributed by atoms with Crippen LogP contribution in [0.1, 0.15) is 51.6 Å². The van der Waals surface area contributed by atoms with Crippen molar-refractivity contribution < 1.29 is 0 Å². The minimum Gasteiger partial charge on any atom is -0.309 e. The van der Waals surface area contributed by atoms with E-state index in [1.54, 1.807) is 11.3 Å². The number of hydrogen-bond donors (Lipinski definition) is 1. The van der Waals surface area contributed by atoms with Crippen molar-refractivity contribution in [3.63, 3.8) is 0 Å². The van der Waals surface area contributed by atoms with Gasteiger partial charge in [-0.25, -0.2) is 0 Å². The Morgan fingerprint density at radius 3 is 2.61 bits per heavy atom. The first kappa shape index (κ1) is 14.0. The number of nitrogens with zero attached hydrogens (tertiary/aromatic N) is 1. The van der Waals surface area contributed by atoms with Crippen molar-refractivity contribution in [1.29, 1.82) is 0 Å². The minimum atomic E-state index is 0.192. The molecule has 1 atom stereocenters. The van der Waals surface area contributed by atoms with Crippen LogP contribution < -0.4 is 5.32 Å². The van der Waals surface area contributed by atoms with Gasteiger partial charge >= 0.3 is 0 Å². The lowest BCUT2D eigenvalue weighted by atomic mass is 9.86. The zero-order chi connectivity index (χ0) is 13.0. The van der Waals surface area contributed by atoms with Crippen molar-refractivity contribution in [1.82, 2.24) is 10.2 Å². The van der Waals surface area contributed by atoms with Gasteiger partial charge in [0.2, 0.25) is 0 Å². The summed E-state index contributed by atoms with van der Waals surface area (Å²) in [6, 6.07) is 2.70. The molecule has 1 N–H and O–H groups in total. The highest BCUT2D eigenvalue weighted by Crippen LogP contribution is 2.33. The van der Waals surface area contributed by atoms with Gasteiger partial charge in [-0.2, -0.15) is 11.3 Å². The molecule has 2 rings (SSSR count). The van der Waals surface area contributed by atoms with Crippen LogP contribution in [0.25, 0.3) is 0 Å². The fourth-order valence-electron chi connectivity index (χ4n) is 3.07. The summed E-state index contributed by atoms with van der Waals surface area (Å²) >= 11 is 1.80. The monoisotopic (exact) mass is 266 g/mol.